The molecule has 1 atom stereocenters. The van der Waals surface area contributed by atoms with Crippen LogP contribution in [0.1, 0.15) is 32.4 Å². The Balaban J connectivity index is 2.66. The predicted octanol–water partition coefficient (Wildman–Crippen LogP) is 1.88. The van der Waals surface area contributed by atoms with Crippen molar-refractivity contribution in [1.29, 1.82) is 0 Å². The number of hydrogen-bond donors (Lipinski definition) is 2. The van der Waals surface area contributed by atoms with Gasteiger partial charge in [0.1, 0.15) is 0 Å². The molecule has 0 spiro atoms. The van der Waals surface area contributed by atoms with E-state index in [1.165, 1.54) is 0 Å². The third-order valence-corrected chi connectivity index (χ3v) is 2.66. The van der Waals surface area contributed by atoms with Gasteiger partial charge in [-0.3, -0.25) is 4.79 Å². The Kier molecular flexibility index (Phi) is 4.07. The predicted molar refractivity (Wildman–Crippen MR) is 63.9 cm³/mol. The highest BCUT2D eigenvalue weighted by Gasteiger charge is 2.27. The summed E-state index contributed by atoms with van der Waals surface area (Å²) in [4.78, 5) is 11.8. The lowest BCUT2D eigenvalue weighted by Gasteiger charge is -2.24. The van der Waals surface area contributed by atoms with Crippen LogP contribution in [0.5, 0.6) is 0 Å². The molecule has 16 heavy (non-hydrogen) atoms. The molecule has 0 heterocycles. The van der Waals surface area contributed by atoms with Crippen LogP contribution < -0.4 is 5.32 Å². The highest BCUT2D eigenvalue weighted by Crippen LogP contribution is 2.17. The van der Waals surface area contributed by atoms with E-state index in [2.05, 4.69) is 5.32 Å². The van der Waals surface area contributed by atoms with Crippen LogP contribution >= 0.6 is 0 Å². The van der Waals surface area contributed by atoms with E-state index in [9.17, 15) is 4.79 Å². The van der Waals surface area contributed by atoms with E-state index in [4.69, 9.17) is 5.11 Å². The molecule has 0 bridgehead atoms. The highest BCUT2D eigenvalue weighted by atomic mass is 16.3. The van der Waals surface area contributed by atoms with E-state index in [1.807, 2.05) is 37.3 Å². The van der Waals surface area contributed by atoms with Crippen molar-refractivity contribution in [2.24, 2.45) is 5.41 Å². The Hall–Kier alpha value is -1.35. The minimum atomic E-state index is -0.733. The molecule has 0 saturated carbocycles. The van der Waals surface area contributed by atoms with Crippen molar-refractivity contribution in [3.8, 4) is 0 Å². The zero-order valence-electron chi connectivity index (χ0n) is 10.0. The second kappa shape index (κ2) is 5.12. The summed E-state index contributed by atoms with van der Waals surface area (Å²) in [6.07, 6.45) is 0. The lowest BCUT2D eigenvalue weighted by atomic mass is 9.93. The lowest BCUT2D eigenvalue weighted by Crippen LogP contribution is -2.40. The molecule has 0 saturated heterocycles. The largest absolute Gasteiger partial charge is 0.395 e. The molecule has 0 aliphatic rings. The fourth-order valence-electron chi connectivity index (χ4n) is 1.29. The topological polar surface area (TPSA) is 49.3 Å². The zero-order valence-corrected chi connectivity index (χ0v) is 10.0. The summed E-state index contributed by atoms with van der Waals surface area (Å²) in [6.45, 7) is 5.22. The van der Waals surface area contributed by atoms with Gasteiger partial charge in [-0.15, -0.1) is 0 Å². The van der Waals surface area contributed by atoms with Crippen LogP contribution in [-0.4, -0.2) is 17.6 Å². The molecule has 0 aliphatic carbocycles. The molecule has 1 amide bonds. The van der Waals surface area contributed by atoms with Crippen LogP contribution in [-0.2, 0) is 4.79 Å². The number of carbonyl (C=O) groups is 1. The molecule has 3 heteroatoms. The van der Waals surface area contributed by atoms with Gasteiger partial charge in [0.2, 0.25) is 5.91 Å². The molecule has 0 radical (unpaired) electrons. The Morgan fingerprint density at radius 3 is 2.44 bits per heavy atom. The van der Waals surface area contributed by atoms with Gasteiger partial charge in [0.15, 0.2) is 0 Å². The Morgan fingerprint density at radius 2 is 1.94 bits per heavy atom. The molecule has 1 rings (SSSR count). The Labute approximate surface area is 96.5 Å². The van der Waals surface area contributed by atoms with Gasteiger partial charge in [-0.05, 0) is 26.3 Å². The maximum absolute atomic E-state index is 11.8. The SMILES string of the molecule is C[C@H](NC(=O)C(C)(C)CO)c1ccccc1. The molecule has 88 valence electrons. The van der Waals surface area contributed by atoms with Crippen LogP contribution in [0.15, 0.2) is 30.3 Å². The van der Waals surface area contributed by atoms with Crippen molar-refractivity contribution in [3.63, 3.8) is 0 Å². The van der Waals surface area contributed by atoms with Gasteiger partial charge in [-0.1, -0.05) is 30.3 Å². The Morgan fingerprint density at radius 1 is 1.38 bits per heavy atom. The summed E-state index contributed by atoms with van der Waals surface area (Å²) in [5.74, 6) is -0.133. The van der Waals surface area contributed by atoms with Gasteiger partial charge in [0.25, 0.3) is 0 Å². The van der Waals surface area contributed by atoms with Crippen molar-refractivity contribution in [1.82, 2.24) is 5.32 Å². The van der Waals surface area contributed by atoms with E-state index in [0.717, 1.165) is 5.56 Å². The van der Waals surface area contributed by atoms with Crippen molar-refractivity contribution >= 4 is 5.91 Å². The first-order valence-electron chi connectivity index (χ1n) is 5.44. The monoisotopic (exact) mass is 221 g/mol. The first kappa shape index (κ1) is 12.7. The fourth-order valence-corrected chi connectivity index (χ4v) is 1.29. The number of nitrogens with one attached hydrogen (secondary N) is 1. The number of benzene rings is 1. The number of aliphatic hydroxyl groups is 1. The maximum atomic E-state index is 11.8. The van der Waals surface area contributed by atoms with Gasteiger partial charge in [-0.2, -0.15) is 0 Å². The normalized spacial score (nSPS) is 13.2. The van der Waals surface area contributed by atoms with Gasteiger partial charge >= 0.3 is 0 Å². The molecule has 2 N–H and O–H groups in total. The van der Waals surface area contributed by atoms with E-state index >= 15 is 0 Å². The van der Waals surface area contributed by atoms with Gasteiger partial charge in [0.05, 0.1) is 18.1 Å². The van der Waals surface area contributed by atoms with Gasteiger partial charge in [0, 0.05) is 0 Å². The third-order valence-electron chi connectivity index (χ3n) is 2.66. The second-order valence-electron chi connectivity index (χ2n) is 4.65. The summed E-state index contributed by atoms with van der Waals surface area (Å²) >= 11 is 0. The third kappa shape index (κ3) is 3.07. The van der Waals surface area contributed by atoms with E-state index < -0.39 is 5.41 Å². The average molecular weight is 221 g/mol. The molecule has 3 nitrogen and oxygen atoms in total. The number of rotatable bonds is 4. The van der Waals surface area contributed by atoms with Gasteiger partial charge in [-0.25, -0.2) is 0 Å². The molecule has 0 aliphatic heterocycles. The summed E-state index contributed by atoms with van der Waals surface area (Å²) in [7, 11) is 0. The molecule has 0 unspecified atom stereocenters. The second-order valence-corrected chi connectivity index (χ2v) is 4.65. The van der Waals surface area contributed by atoms with E-state index in [-0.39, 0.29) is 18.6 Å². The summed E-state index contributed by atoms with van der Waals surface area (Å²) in [6, 6.07) is 9.72. The van der Waals surface area contributed by atoms with Crippen molar-refractivity contribution in [2.75, 3.05) is 6.61 Å². The molecule has 0 aromatic heterocycles. The maximum Gasteiger partial charge on any atom is 0.228 e. The molecule has 0 fully saturated rings. The van der Waals surface area contributed by atoms with Crippen molar-refractivity contribution < 1.29 is 9.90 Å². The minimum Gasteiger partial charge on any atom is -0.395 e. The van der Waals surface area contributed by atoms with Crippen molar-refractivity contribution in [3.05, 3.63) is 35.9 Å². The molecular weight excluding hydrogens is 202 g/mol. The fraction of sp³-hybridized carbons (Fsp3) is 0.462. The number of aliphatic hydroxyl groups excluding tert-OH is 1. The molecule has 1 aromatic rings. The Bertz CT molecular complexity index is 346. The number of hydrogen-bond acceptors (Lipinski definition) is 2. The van der Waals surface area contributed by atoms with E-state index in [0.29, 0.717) is 0 Å². The summed E-state index contributed by atoms with van der Waals surface area (Å²) in [5, 5.41) is 12.0. The average Bonchev–Trinajstić information content (AvgIpc) is 2.30. The quantitative estimate of drug-likeness (QED) is 0.815. The standard InChI is InChI=1S/C13H19NO2/c1-10(11-7-5-4-6-8-11)14-12(16)13(2,3)9-15/h4-8,10,15H,9H2,1-3H3,(H,14,16)/t10-/m0/s1. The number of amides is 1. The van der Waals surface area contributed by atoms with Gasteiger partial charge < -0.3 is 10.4 Å². The molecule has 1 aromatic carbocycles. The lowest BCUT2D eigenvalue weighted by molar-refractivity contribution is -0.131. The van der Waals surface area contributed by atoms with E-state index in [1.54, 1.807) is 13.8 Å². The highest BCUT2D eigenvalue weighted by molar-refractivity contribution is 5.82. The van der Waals surface area contributed by atoms with Crippen LogP contribution in [0, 0.1) is 5.41 Å². The summed E-state index contributed by atoms with van der Waals surface area (Å²) < 4.78 is 0. The van der Waals surface area contributed by atoms with Crippen LogP contribution in [0.25, 0.3) is 0 Å². The smallest absolute Gasteiger partial charge is 0.228 e. The first-order chi connectivity index (χ1) is 7.47. The first-order valence-corrected chi connectivity index (χ1v) is 5.44. The summed E-state index contributed by atoms with van der Waals surface area (Å²) in [5.41, 5.74) is 0.327. The van der Waals surface area contributed by atoms with Crippen LogP contribution in [0.3, 0.4) is 0 Å². The van der Waals surface area contributed by atoms with Crippen LogP contribution in [0.4, 0.5) is 0 Å². The molecular formula is C13H19NO2. The van der Waals surface area contributed by atoms with Crippen LogP contribution in [0.2, 0.25) is 0 Å². The van der Waals surface area contributed by atoms with Crippen molar-refractivity contribution in [2.45, 2.75) is 26.8 Å². The zero-order chi connectivity index (χ0) is 12.2. The minimum absolute atomic E-state index is 0.0421. The number of carbonyl (C=O) groups excluding carboxylic acids is 1.